The predicted octanol–water partition coefficient (Wildman–Crippen LogP) is 5.24. The number of rotatable bonds is 7. The summed E-state index contributed by atoms with van der Waals surface area (Å²) < 4.78 is 46.7. The van der Waals surface area contributed by atoms with Crippen LogP contribution in [0.2, 0.25) is 5.02 Å². The van der Waals surface area contributed by atoms with Crippen LogP contribution in [0.25, 0.3) is 0 Å². The Morgan fingerprint density at radius 1 is 1.06 bits per heavy atom. The van der Waals surface area contributed by atoms with Gasteiger partial charge in [-0.1, -0.05) is 11.6 Å². The number of hydrogen-bond donors (Lipinski definition) is 2. The van der Waals surface area contributed by atoms with Crippen molar-refractivity contribution < 1.29 is 22.3 Å². The van der Waals surface area contributed by atoms with Crippen LogP contribution in [0.3, 0.4) is 0 Å². The monoisotopic (exact) mass is 462 g/mol. The number of ether oxygens (including phenoxy) is 1. The van der Waals surface area contributed by atoms with Gasteiger partial charge in [-0.05, 0) is 80.1 Å². The maximum Gasteiger partial charge on any atom is 0.261 e. The molecule has 0 atom stereocenters. The quantitative estimate of drug-likeness (QED) is 0.503. The molecule has 0 fully saturated rings. The van der Waals surface area contributed by atoms with Crippen molar-refractivity contribution in [2.45, 2.75) is 18.7 Å². The molecular weight excluding hydrogens is 443 g/mol. The fourth-order valence-corrected chi connectivity index (χ4v) is 4.09. The molecule has 6 nitrogen and oxygen atoms in total. The first-order valence-electron chi connectivity index (χ1n) is 9.32. The fraction of sp³-hybridized carbons (Fsp3) is 0.136. The van der Waals surface area contributed by atoms with Crippen LogP contribution in [0, 0.1) is 12.7 Å². The summed E-state index contributed by atoms with van der Waals surface area (Å²) >= 11 is 6.13. The molecule has 2 N–H and O–H groups in total. The first-order chi connectivity index (χ1) is 14.7. The van der Waals surface area contributed by atoms with Crippen molar-refractivity contribution in [3.63, 3.8) is 0 Å². The van der Waals surface area contributed by atoms with Crippen molar-refractivity contribution in [1.29, 1.82) is 0 Å². The van der Waals surface area contributed by atoms with Crippen LogP contribution in [-0.4, -0.2) is 20.9 Å². The van der Waals surface area contributed by atoms with Crippen LogP contribution < -0.4 is 14.8 Å². The number of sulfonamides is 1. The minimum Gasteiger partial charge on any atom is -0.494 e. The van der Waals surface area contributed by atoms with E-state index in [0.717, 1.165) is 0 Å². The average molecular weight is 463 g/mol. The fourth-order valence-electron chi connectivity index (χ4n) is 2.80. The maximum absolute atomic E-state index is 13.3. The van der Waals surface area contributed by atoms with Gasteiger partial charge in [-0.3, -0.25) is 9.52 Å². The lowest BCUT2D eigenvalue weighted by atomic mass is 10.1. The van der Waals surface area contributed by atoms with E-state index in [1.807, 2.05) is 6.92 Å². The summed E-state index contributed by atoms with van der Waals surface area (Å²) in [6.07, 6.45) is 0. The molecule has 162 valence electrons. The third-order valence-corrected chi connectivity index (χ3v) is 6.06. The SMILES string of the molecule is CCOc1ccc(NS(=O)(=O)c2ccc(Cl)c(C(=O)Nc3ccc(F)cc3C)c2)cc1. The molecule has 1 amide bonds. The molecule has 0 aliphatic heterocycles. The van der Waals surface area contributed by atoms with Crippen LogP contribution in [0.1, 0.15) is 22.8 Å². The summed E-state index contributed by atoms with van der Waals surface area (Å²) in [6.45, 7) is 3.99. The molecule has 0 bridgehead atoms. The largest absolute Gasteiger partial charge is 0.494 e. The highest BCUT2D eigenvalue weighted by Gasteiger charge is 2.19. The number of amides is 1. The third-order valence-electron chi connectivity index (χ3n) is 4.35. The number of benzene rings is 3. The molecule has 31 heavy (non-hydrogen) atoms. The van der Waals surface area contributed by atoms with Crippen molar-refractivity contribution in [1.82, 2.24) is 0 Å². The van der Waals surface area contributed by atoms with E-state index >= 15 is 0 Å². The van der Waals surface area contributed by atoms with Crippen LogP contribution >= 0.6 is 11.6 Å². The minimum atomic E-state index is -3.98. The van der Waals surface area contributed by atoms with E-state index in [4.69, 9.17) is 16.3 Å². The Morgan fingerprint density at radius 3 is 2.42 bits per heavy atom. The van der Waals surface area contributed by atoms with Gasteiger partial charge in [-0.2, -0.15) is 0 Å². The number of nitrogens with one attached hydrogen (secondary N) is 2. The molecular formula is C22H20ClFN2O4S. The number of halogens is 2. The van der Waals surface area contributed by atoms with Crippen LogP contribution in [0.15, 0.2) is 65.6 Å². The Bertz CT molecular complexity index is 1210. The number of carbonyl (C=O) groups is 1. The highest BCUT2D eigenvalue weighted by Crippen LogP contribution is 2.25. The standard InChI is InChI=1S/C22H20ClFN2O4S/c1-3-30-17-7-5-16(6-8-17)26-31(28,29)18-9-10-20(23)19(13-18)22(27)25-21-11-4-15(24)12-14(21)2/h4-13,26H,3H2,1-2H3,(H,25,27). The van der Waals surface area contributed by atoms with Gasteiger partial charge in [0.25, 0.3) is 15.9 Å². The molecule has 3 aromatic rings. The normalized spacial score (nSPS) is 11.1. The van der Waals surface area contributed by atoms with E-state index in [0.29, 0.717) is 29.3 Å². The summed E-state index contributed by atoms with van der Waals surface area (Å²) in [6, 6.07) is 14.2. The van der Waals surface area contributed by atoms with Crippen LogP contribution in [0.5, 0.6) is 5.75 Å². The van der Waals surface area contributed by atoms with E-state index in [9.17, 15) is 17.6 Å². The van der Waals surface area contributed by atoms with E-state index in [1.54, 1.807) is 31.2 Å². The summed E-state index contributed by atoms with van der Waals surface area (Å²) in [5.41, 5.74) is 1.22. The Labute approximate surface area is 185 Å². The molecule has 0 saturated carbocycles. The van der Waals surface area contributed by atoms with E-state index in [1.165, 1.54) is 36.4 Å². The van der Waals surface area contributed by atoms with Gasteiger partial charge in [-0.25, -0.2) is 12.8 Å². The highest BCUT2D eigenvalue weighted by molar-refractivity contribution is 7.92. The van der Waals surface area contributed by atoms with Crippen LogP contribution in [0.4, 0.5) is 15.8 Å². The Hall–Kier alpha value is -3.10. The smallest absolute Gasteiger partial charge is 0.261 e. The second-order valence-corrected chi connectivity index (χ2v) is 8.71. The first kappa shape index (κ1) is 22.6. The summed E-state index contributed by atoms with van der Waals surface area (Å²) in [4.78, 5) is 12.6. The molecule has 0 aliphatic rings. The van der Waals surface area contributed by atoms with Gasteiger partial charge >= 0.3 is 0 Å². The van der Waals surface area contributed by atoms with E-state index in [-0.39, 0.29) is 15.5 Å². The maximum atomic E-state index is 13.3. The molecule has 0 unspecified atom stereocenters. The number of anilines is 2. The lowest BCUT2D eigenvalue weighted by molar-refractivity contribution is 0.102. The van der Waals surface area contributed by atoms with Crippen molar-refractivity contribution in [2.75, 3.05) is 16.6 Å². The van der Waals surface area contributed by atoms with Crippen molar-refractivity contribution in [3.8, 4) is 5.75 Å². The van der Waals surface area contributed by atoms with Gasteiger partial charge < -0.3 is 10.1 Å². The molecule has 0 heterocycles. The zero-order valence-corrected chi connectivity index (χ0v) is 18.4. The molecule has 0 aromatic heterocycles. The summed E-state index contributed by atoms with van der Waals surface area (Å²) in [7, 11) is -3.98. The van der Waals surface area contributed by atoms with Crippen molar-refractivity contribution in [3.05, 3.63) is 82.6 Å². The number of carbonyl (C=O) groups excluding carboxylic acids is 1. The van der Waals surface area contributed by atoms with Gasteiger partial charge in [0.2, 0.25) is 0 Å². The van der Waals surface area contributed by atoms with Gasteiger partial charge in [0.15, 0.2) is 0 Å². The second-order valence-electron chi connectivity index (χ2n) is 6.62. The molecule has 3 aromatic carbocycles. The molecule has 9 heteroatoms. The predicted molar refractivity (Wildman–Crippen MR) is 119 cm³/mol. The lowest BCUT2D eigenvalue weighted by Crippen LogP contribution is -2.17. The van der Waals surface area contributed by atoms with Crippen molar-refractivity contribution >= 4 is 38.9 Å². The molecule has 3 rings (SSSR count). The van der Waals surface area contributed by atoms with E-state index in [2.05, 4.69) is 10.0 Å². The zero-order chi connectivity index (χ0) is 22.6. The number of aryl methyl sites for hydroxylation is 1. The molecule has 0 spiro atoms. The Balaban J connectivity index is 1.84. The number of hydrogen-bond acceptors (Lipinski definition) is 4. The first-order valence-corrected chi connectivity index (χ1v) is 11.2. The minimum absolute atomic E-state index is 0.0278. The molecule has 0 aliphatic carbocycles. The summed E-state index contributed by atoms with van der Waals surface area (Å²) in [5.74, 6) is -0.424. The van der Waals surface area contributed by atoms with Gasteiger partial charge in [0.05, 0.1) is 22.1 Å². The highest BCUT2D eigenvalue weighted by atomic mass is 35.5. The second kappa shape index (κ2) is 9.36. The topological polar surface area (TPSA) is 84.5 Å². The van der Waals surface area contributed by atoms with E-state index < -0.39 is 21.7 Å². The van der Waals surface area contributed by atoms with Crippen LogP contribution in [-0.2, 0) is 10.0 Å². The van der Waals surface area contributed by atoms with Crippen molar-refractivity contribution in [2.24, 2.45) is 0 Å². The summed E-state index contributed by atoms with van der Waals surface area (Å²) in [5, 5.41) is 2.70. The third kappa shape index (κ3) is 5.53. The van der Waals surface area contributed by atoms with Gasteiger partial charge in [0.1, 0.15) is 11.6 Å². The Kier molecular flexibility index (Phi) is 6.82. The Morgan fingerprint density at radius 2 is 1.77 bits per heavy atom. The lowest BCUT2D eigenvalue weighted by Gasteiger charge is -2.12. The molecule has 0 saturated heterocycles. The van der Waals surface area contributed by atoms with Gasteiger partial charge in [-0.15, -0.1) is 0 Å². The average Bonchev–Trinajstić information content (AvgIpc) is 2.71. The van der Waals surface area contributed by atoms with Gasteiger partial charge in [0, 0.05) is 11.4 Å². The molecule has 0 radical (unpaired) electrons. The zero-order valence-electron chi connectivity index (χ0n) is 16.8.